The van der Waals surface area contributed by atoms with Gasteiger partial charge in [-0.05, 0) is 18.1 Å². The molecule has 1 aromatic carbocycles. The molecule has 0 fully saturated rings. The Labute approximate surface area is 80.1 Å². The Bertz CT molecular complexity index is 240. The summed E-state index contributed by atoms with van der Waals surface area (Å²) in [7, 11) is 0. The van der Waals surface area contributed by atoms with Crippen LogP contribution in [0, 0.1) is 5.82 Å². The largest absolute Gasteiger partial charge is 0.307 e. The summed E-state index contributed by atoms with van der Waals surface area (Å²) in [5.74, 6) is -0.117. The van der Waals surface area contributed by atoms with Gasteiger partial charge in [0, 0.05) is 6.54 Å². The molecule has 3 heteroatoms. The molecule has 1 rings (SSSR count). The van der Waals surface area contributed by atoms with Crippen molar-refractivity contribution in [3.8, 4) is 0 Å². The highest BCUT2D eigenvalue weighted by molar-refractivity contribution is 9.09. The smallest absolute Gasteiger partial charge is 0.126 e. The van der Waals surface area contributed by atoms with Gasteiger partial charge in [-0.1, -0.05) is 34.1 Å². The van der Waals surface area contributed by atoms with Crippen molar-refractivity contribution in [3.63, 3.8) is 0 Å². The maximum Gasteiger partial charge on any atom is 0.126 e. The lowest BCUT2D eigenvalue weighted by Crippen LogP contribution is -2.14. The van der Waals surface area contributed by atoms with E-state index in [9.17, 15) is 4.39 Å². The van der Waals surface area contributed by atoms with E-state index in [1.165, 1.54) is 6.07 Å². The van der Waals surface area contributed by atoms with Gasteiger partial charge < -0.3 is 5.32 Å². The third-order valence-electron chi connectivity index (χ3n) is 1.62. The second kappa shape index (κ2) is 5.27. The zero-order chi connectivity index (χ0) is 8.81. The second-order valence-electron chi connectivity index (χ2n) is 2.48. The molecule has 66 valence electrons. The van der Waals surface area contributed by atoms with Gasteiger partial charge in [-0.15, -0.1) is 0 Å². The van der Waals surface area contributed by atoms with Crippen LogP contribution in [0.5, 0.6) is 0 Å². The van der Waals surface area contributed by atoms with Crippen LogP contribution >= 0.6 is 15.9 Å². The first-order chi connectivity index (χ1) is 5.84. The lowest BCUT2D eigenvalue weighted by Gasteiger charge is -2.02. The summed E-state index contributed by atoms with van der Waals surface area (Å²) in [4.78, 5) is 0. The minimum atomic E-state index is -0.117. The molecule has 0 aliphatic heterocycles. The van der Waals surface area contributed by atoms with Crippen molar-refractivity contribution in [2.45, 2.75) is 6.42 Å². The van der Waals surface area contributed by atoms with E-state index in [1.807, 2.05) is 12.1 Å². The van der Waals surface area contributed by atoms with Crippen LogP contribution in [0.1, 0.15) is 5.56 Å². The van der Waals surface area contributed by atoms with Gasteiger partial charge >= 0.3 is 0 Å². The van der Waals surface area contributed by atoms with Gasteiger partial charge in [-0.25, -0.2) is 4.39 Å². The number of halogens is 2. The highest BCUT2D eigenvalue weighted by Gasteiger charge is 1.98. The van der Waals surface area contributed by atoms with Gasteiger partial charge in [0.25, 0.3) is 0 Å². The van der Waals surface area contributed by atoms with Gasteiger partial charge in [0.1, 0.15) is 5.82 Å². The Balaban J connectivity index is 2.46. The average Bonchev–Trinajstić information content (AvgIpc) is 2.09. The zero-order valence-electron chi connectivity index (χ0n) is 6.69. The zero-order valence-corrected chi connectivity index (χ0v) is 8.27. The molecule has 0 heterocycles. The van der Waals surface area contributed by atoms with Gasteiger partial charge in [0.2, 0.25) is 0 Å². The maximum absolute atomic E-state index is 13.0. The summed E-state index contributed by atoms with van der Waals surface area (Å²) in [6.07, 6.45) is 0.734. The third-order valence-corrected chi connectivity index (χ3v) is 2.02. The summed E-state index contributed by atoms with van der Waals surface area (Å²) in [5.41, 5.74) is 1.52. The van der Waals surface area contributed by atoms with E-state index in [2.05, 4.69) is 21.2 Å². The summed E-state index contributed by atoms with van der Waals surface area (Å²) < 4.78 is 13.0. The van der Waals surface area contributed by atoms with Crippen LogP contribution < -0.4 is 5.32 Å². The van der Waals surface area contributed by atoms with Crippen LogP contribution in [0.15, 0.2) is 24.3 Å². The molecule has 0 aliphatic carbocycles. The molecular weight excluding hydrogens is 221 g/mol. The quantitative estimate of drug-likeness (QED) is 0.477. The van der Waals surface area contributed by atoms with Crippen LogP contribution in [0.25, 0.3) is 0 Å². The van der Waals surface area contributed by atoms with E-state index in [0.717, 1.165) is 24.0 Å². The number of nitrogens with one attached hydrogen (secondary N) is 1. The second-order valence-corrected chi connectivity index (χ2v) is 3.04. The molecule has 0 bridgehead atoms. The molecule has 0 unspecified atom stereocenters. The third kappa shape index (κ3) is 2.91. The van der Waals surface area contributed by atoms with Crippen molar-refractivity contribution < 1.29 is 4.39 Å². The lowest BCUT2D eigenvalue weighted by molar-refractivity contribution is 0.604. The minimum absolute atomic E-state index is 0.117. The van der Waals surface area contributed by atoms with Crippen molar-refractivity contribution in [3.05, 3.63) is 35.6 Å². The predicted octanol–water partition coefficient (Wildman–Crippen LogP) is 2.31. The number of alkyl halides is 1. The Morgan fingerprint density at radius 3 is 2.75 bits per heavy atom. The van der Waals surface area contributed by atoms with Crippen LogP contribution in [-0.2, 0) is 6.42 Å². The molecule has 0 saturated carbocycles. The van der Waals surface area contributed by atoms with Gasteiger partial charge in [-0.2, -0.15) is 0 Å². The van der Waals surface area contributed by atoms with Crippen molar-refractivity contribution in [2.24, 2.45) is 0 Å². The SMILES string of the molecule is Fc1ccccc1CCNCBr. The van der Waals surface area contributed by atoms with E-state index in [-0.39, 0.29) is 5.82 Å². The molecule has 1 nitrogen and oxygen atoms in total. The molecule has 1 aromatic rings. The molecule has 0 saturated heterocycles. The fourth-order valence-corrected chi connectivity index (χ4v) is 1.27. The van der Waals surface area contributed by atoms with E-state index in [4.69, 9.17) is 0 Å². The fourth-order valence-electron chi connectivity index (χ4n) is 0.991. The Morgan fingerprint density at radius 2 is 2.08 bits per heavy atom. The Hall–Kier alpha value is -0.410. The van der Waals surface area contributed by atoms with E-state index in [0.29, 0.717) is 0 Å². The lowest BCUT2D eigenvalue weighted by atomic mass is 10.1. The van der Waals surface area contributed by atoms with Crippen LogP contribution in [-0.4, -0.2) is 12.0 Å². The summed E-state index contributed by atoms with van der Waals surface area (Å²) in [5, 5.41) is 3.07. The molecular formula is C9H11BrFN. The van der Waals surface area contributed by atoms with Crippen LogP contribution in [0.3, 0.4) is 0 Å². The summed E-state index contributed by atoms with van der Waals surface area (Å²) >= 11 is 3.24. The van der Waals surface area contributed by atoms with Gasteiger partial charge in [0.05, 0.1) is 5.45 Å². The van der Waals surface area contributed by atoms with Crippen LogP contribution in [0.2, 0.25) is 0 Å². The number of hydrogen-bond acceptors (Lipinski definition) is 1. The standard InChI is InChI=1S/C9H11BrFN/c10-7-12-6-5-8-3-1-2-4-9(8)11/h1-4,12H,5-7H2. The van der Waals surface area contributed by atoms with E-state index < -0.39 is 0 Å². The summed E-state index contributed by atoms with van der Waals surface area (Å²) in [6.45, 7) is 0.798. The fraction of sp³-hybridized carbons (Fsp3) is 0.333. The highest BCUT2D eigenvalue weighted by Crippen LogP contribution is 2.05. The molecule has 12 heavy (non-hydrogen) atoms. The Kier molecular flexibility index (Phi) is 4.25. The topological polar surface area (TPSA) is 12.0 Å². The predicted molar refractivity (Wildman–Crippen MR) is 51.9 cm³/mol. The molecule has 0 radical (unpaired) electrons. The molecule has 0 aromatic heterocycles. The number of benzene rings is 1. The molecule has 0 spiro atoms. The molecule has 1 N–H and O–H groups in total. The van der Waals surface area contributed by atoms with Gasteiger partial charge in [-0.3, -0.25) is 0 Å². The van der Waals surface area contributed by atoms with Gasteiger partial charge in [0.15, 0.2) is 0 Å². The van der Waals surface area contributed by atoms with Crippen molar-refractivity contribution >= 4 is 15.9 Å². The first-order valence-electron chi connectivity index (χ1n) is 3.84. The first-order valence-corrected chi connectivity index (χ1v) is 4.97. The average molecular weight is 232 g/mol. The molecule has 0 amide bonds. The highest BCUT2D eigenvalue weighted by atomic mass is 79.9. The first kappa shape index (κ1) is 9.68. The van der Waals surface area contributed by atoms with Crippen LogP contribution in [0.4, 0.5) is 4.39 Å². The normalized spacial score (nSPS) is 10.2. The number of rotatable bonds is 4. The molecule has 0 atom stereocenters. The Morgan fingerprint density at radius 1 is 1.33 bits per heavy atom. The maximum atomic E-state index is 13.0. The number of hydrogen-bond donors (Lipinski definition) is 1. The van der Waals surface area contributed by atoms with Crippen molar-refractivity contribution in [1.29, 1.82) is 0 Å². The van der Waals surface area contributed by atoms with Crippen molar-refractivity contribution in [2.75, 3.05) is 12.0 Å². The molecule has 0 aliphatic rings. The summed E-state index contributed by atoms with van der Waals surface area (Å²) in [6, 6.07) is 6.86. The minimum Gasteiger partial charge on any atom is -0.307 e. The van der Waals surface area contributed by atoms with E-state index >= 15 is 0 Å². The monoisotopic (exact) mass is 231 g/mol. The van der Waals surface area contributed by atoms with Crippen molar-refractivity contribution in [1.82, 2.24) is 5.32 Å². The van der Waals surface area contributed by atoms with E-state index in [1.54, 1.807) is 6.07 Å².